The third-order valence-electron chi connectivity index (χ3n) is 4.83. The van der Waals surface area contributed by atoms with E-state index in [1.165, 1.54) is 16.4 Å². The number of nitrogens with one attached hydrogen (secondary N) is 1. The molecule has 0 bridgehead atoms. The maximum Gasteiger partial charge on any atom is 0.252 e. The minimum absolute atomic E-state index is 0.0499. The highest BCUT2D eigenvalue weighted by Gasteiger charge is 2.32. The Labute approximate surface area is 164 Å². The number of aromatic nitrogens is 1. The van der Waals surface area contributed by atoms with Crippen molar-refractivity contribution in [3.05, 3.63) is 58.4 Å². The van der Waals surface area contributed by atoms with E-state index in [4.69, 9.17) is 11.6 Å². The van der Waals surface area contributed by atoms with Gasteiger partial charge in [0.1, 0.15) is 0 Å². The first kappa shape index (κ1) is 19.8. The van der Waals surface area contributed by atoms with Crippen LogP contribution in [0.15, 0.2) is 41.3 Å². The molecule has 0 spiro atoms. The van der Waals surface area contributed by atoms with Gasteiger partial charge < -0.3 is 5.32 Å². The van der Waals surface area contributed by atoms with Crippen molar-refractivity contribution in [2.45, 2.75) is 30.6 Å². The fraction of sp³-hybridized carbons (Fsp3) is 0.368. The Morgan fingerprint density at radius 1 is 1.15 bits per heavy atom. The lowest BCUT2D eigenvalue weighted by molar-refractivity contribution is 0.0960. The van der Waals surface area contributed by atoms with Gasteiger partial charge in [0.2, 0.25) is 10.0 Å². The highest BCUT2D eigenvalue weighted by molar-refractivity contribution is 7.89. The van der Waals surface area contributed by atoms with Crippen molar-refractivity contribution in [1.82, 2.24) is 14.6 Å². The maximum atomic E-state index is 12.8. The summed E-state index contributed by atoms with van der Waals surface area (Å²) in [7, 11) is -1.96. The zero-order valence-corrected chi connectivity index (χ0v) is 16.8. The number of carbonyl (C=O) groups excluding carboxylic acids is 1. The molecule has 1 aromatic carbocycles. The molecule has 6 nitrogen and oxygen atoms in total. The van der Waals surface area contributed by atoms with Gasteiger partial charge in [-0.15, -0.1) is 0 Å². The van der Waals surface area contributed by atoms with Crippen molar-refractivity contribution in [2.24, 2.45) is 0 Å². The zero-order valence-electron chi connectivity index (χ0n) is 15.3. The van der Waals surface area contributed by atoms with E-state index in [1.54, 1.807) is 25.2 Å². The van der Waals surface area contributed by atoms with Crippen LogP contribution in [-0.4, -0.2) is 43.8 Å². The largest absolute Gasteiger partial charge is 0.355 e. The Kier molecular flexibility index (Phi) is 5.83. The summed E-state index contributed by atoms with van der Waals surface area (Å²) in [4.78, 5) is 17.0. The van der Waals surface area contributed by atoms with Crippen LogP contribution in [0.3, 0.4) is 0 Å². The summed E-state index contributed by atoms with van der Waals surface area (Å²) < 4.78 is 27.1. The lowest BCUT2D eigenvalue weighted by atomic mass is 9.90. The SMILES string of the molecule is CNC(=O)c1ccc(C)nc1C1CCN(S(=O)(=O)c2ccc(Cl)cc2)CC1. The van der Waals surface area contributed by atoms with Crippen LogP contribution >= 0.6 is 11.6 Å². The number of carbonyl (C=O) groups is 1. The number of nitrogens with zero attached hydrogens (tertiary/aromatic N) is 2. The van der Waals surface area contributed by atoms with Crippen molar-refractivity contribution < 1.29 is 13.2 Å². The van der Waals surface area contributed by atoms with E-state index in [-0.39, 0.29) is 16.7 Å². The molecule has 1 fully saturated rings. The highest BCUT2D eigenvalue weighted by Crippen LogP contribution is 2.32. The highest BCUT2D eigenvalue weighted by atomic mass is 35.5. The molecule has 1 aliphatic heterocycles. The number of rotatable bonds is 4. The number of halogens is 1. The van der Waals surface area contributed by atoms with Crippen molar-refractivity contribution in [2.75, 3.05) is 20.1 Å². The summed E-state index contributed by atoms with van der Waals surface area (Å²) in [6.07, 6.45) is 1.24. The van der Waals surface area contributed by atoms with Gasteiger partial charge in [-0.3, -0.25) is 9.78 Å². The number of pyridine rings is 1. The molecule has 3 rings (SSSR count). The van der Waals surface area contributed by atoms with Gasteiger partial charge in [0.15, 0.2) is 0 Å². The minimum atomic E-state index is -3.55. The van der Waals surface area contributed by atoms with Gasteiger partial charge in [-0.05, 0) is 56.2 Å². The fourth-order valence-corrected chi connectivity index (χ4v) is 4.94. The molecule has 2 aromatic rings. The van der Waals surface area contributed by atoms with Gasteiger partial charge in [0.25, 0.3) is 5.91 Å². The Bertz CT molecular complexity index is 937. The van der Waals surface area contributed by atoms with E-state index in [0.29, 0.717) is 36.5 Å². The molecule has 0 atom stereocenters. The molecule has 2 heterocycles. The first-order chi connectivity index (χ1) is 12.8. The molecule has 0 unspecified atom stereocenters. The second-order valence-electron chi connectivity index (χ2n) is 6.60. The molecule has 0 aliphatic carbocycles. The number of amides is 1. The van der Waals surface area contributed by atoms with Crippen LogP contribution in [-0.2, 0) is 10.0 Å². The van der Waals surface area contributed by atoms with E-state index in [2.05, 4.69) is 10.3 Å². The monoisotopic (exact) mass is 407 g/mol. The molecule has 0 saturated carbocycles. The summed E-state index contributed by atoms with van der Waals surface area (Å²) in [5.41, 5.74) is 2.15. The number of aryl methyl sites for hydroxylation is 1. The predicted molar refractivity (Wildman–Crippen MR) is 105 cm³/mol. The van der Waals surface area contributed by atoms with Crippen molar-refractivity contribution in [1.29, 1.82) is 0 Å². The molecule has 1 saturated heterocycles. The van der Waals surface area contributed by atoms with Gasteiger partial charge in [0.05, 0.1) is 16.2 Å². The third-order valence-corrected chi connectivity index (χ3v) is 6.99. The van der Waals surface area contributed by atoms with Crippen molar-refractivity contribution >= 4 is 27.5 Å². The van der Waals surface area contributed by atoms with E-state index in [9.17, 15) is 13.2 Å². The summed E-state index contributed by atoms with van der Waals surface area (Å²) >= 11 is 5.85. The number of benzene rings is 1. The average molecular weight is 408 g/mol. The summed E-state index contributed by atoms with van der Waals surface area (Å²) in [5.74, 6) is -0.123. The third kappa shape index (κ3) is 4.15. The Hall–Kier alpha value is -1.96. The van der Waals surface area contributed by atoms with Crippen LogP contribution in [0.4, 0.5) is 0 Å². The first-order valence-corrected chi connectivity index (χ1v) is 10.6. The number of hydrogen-bond acceptors (Lipinski definition) is 4. The van der Waals surface area contributed by atoms with Gasteiger partial charge in [0, 0.05) is 36.8 Å². The molecular weight excluding hydrogens is 386 g/mol. The van der Waals surface area contributed by atoms with Crippen LogP contribution < -0.4 is 5.32 Å². The van der Waals surface area contributed by atoms with Crippen LogP contribution in [0.2, 0.25) is 5.02 Å². The molecule has 27 heavy (non-hydrogen) atoms. The Balaban J connectivity index is 1.79. The molecule has 1 aromatic heterocycles. The van der Waals surface area contributed by atoms with E-state index in [0.717, 1.165) is 11.4 Å². The zero-order chi connectivity index (χ0) is 19.6. The van der Waals surface area contributed by atoms with E-state index >= 15 is 0 Å². The van der Waals surface area contributed by atoms with Crippen molar-refractivity contribution in [3.63, 3.8) is 0 Å². The van der Waals surface area contributed by atoms with Crippen LogP contribution in [0.1, 0.15) is 40.5 Å². The average Bonchev–Trinajstić information content (AvgIpc) is 2.68. The summed E-state index contributed by atoms with van der Waals surface area (Å²) in [6, 6.07) is 9.80. The van der Waals surface area contributed by atoms with Gasteiger partial charge in [-0.1, -0.05) is 11.6 Å². The lowest BCUT2D eigenvalue weighted by Crippen LogP contribution is -2.38. The van der Waals surface area contributed by atoms with E-state index < -0.39 is 10.0 Å². The number of sulfonamides is 1. The predicted octanol–water partition coefficient (Wildman–Crippen LogP) is 2.97. The number of piperidine rings is 1. The van der Waals surface area contributed by atoms with E-state index in [1.807, 2.05) is 13.0 Å². The second kappa shape index (κ2) is 7.96. The van der Waals surface area contributed by atoms with Crippen LogP contribution in [0.25, 0.3) is 0 Å². The normalized spacial score (nSPS) is 16.3. The maximum absolute atomic E-state index is 12.8. The quantitative estimate of drug-likeness (QED) is 0.844. The summed E-state index contributed by atoms with van der Waals surface area (Å²) in [6.45, 7) is 2.66. The first-order valence-electron chi connectivity index (χ1n) is 8.78. The van der Waals surface area contributed by atoms with Crippen molar-refractivity contribution in [3.8, 4) is 0 Å². The van der Waals surface area contributed by atoms with Gasteiger partial charge in [-0.2, -0.15) is 4.31 Å². The molecule has 1 amide bonds. The number of hydrogen-bond donors (Lipinski definition) is 1. The van der Waals surface area contributed by atoms with Gasteiger partial charge in [-0.25, -0.2) is 8.42 Å². The molecular formula is C19H22ClN3O3S. The topological polar surface area (TPSA) is 79.4 Å². The Morgan fingerprint density at radius 2 is 1.78 bits per heavy atom. The molecule has 1 N–H and O–H groups in total. The second-order valence-corrected chi connectivity index (χ2v) is 8.97. The molecule has 1 aliphatic rings. The Morgan fingerprint density at radius 3 is 2.37 bits per heavy atom. The molecule has 8 heteroatoms. The lowest BCUT2D eigenvalue weighted by Gasteiger charge is -2.31. The molecule has 0 radical (unpaired) electrons. The molecule has 144 valence electrons. The summed E-state index contributed by atoms with van der Waals surface area (Å²) in [5, 5.41) is 3.14. The smallest absolute Gasteiger partial charge is 0.252 e. The minimum Gasteiger partial charge on any atom is -0.355 e. The van der Waals surface area contributed by atoms with Gasteiger partial charge >= 0.3 is 0 Å². The van der Waals surface area contributed by atoms with Crippen LogP contribution in [0.5, 0.6) is 0 Å². The van der Waals surface area contributed by atoms with Crippen LogP contribution in [0, 0.1) is 6.92 Å². The fourth-order valence-electron chi connectivity index (χ4n) is 3.34. The standard InChI is InChI=1S/C19H22ClN3O3S/c1-13-3-8-17(19(24)21-2)18(22-13)14-9-11-23(12-10-14)27(25,26)16-6-4-15(20)5-7-16/h3-8,14H,9-12H2,1-2H3,(H,21,24).